The van der Waals surface area contributed by atoms with E-state index in [1.807, 2.05) is 31.2 Å². The lowest BCUT2D eigenvalue weighted by atomic mass is 10.1. The van der Waals surface area contributed by atoms with Crippen LogP contribution in [0.4, 0.5) is 0 Å². The minimum Gasteiger partial charge on any atom is -0.481 e. The van der Waals surface area contributed by atoms with Gasteiger partial charge in [0, 0.05) is 35.4 Å². The van der Waals surface area contributed by atoms with Crippen molar-refractivity contribution in [1.82, 2.24) is 5.32 Å². The predicted octanol–water partition coefficient (Wildman–Crippen LogP) is 1.17. The molecule has 1 aromatic rings. The van der Waals surface area contributed by atoms with Crippen LogP contribution in [0.2, 0.25) is 0 Å². The van der Waals surface area contributed by atoms with Crippen LogP contribution in [0.1, 0.15) is 18.1 Å². The molecule has 0 heterocycles. The fourth-order valence-corrected chi connectivity index (χ4v) is 1.84. The molecule has 2 unspecified atom stereocenters. The van der Waals surface area contributed by atoms with E-state index in [2.05, 4.69) is 5.32 Å². The Morgan fingerprint density at radius 3 is 2.39 bits per heavy atom. The maximum atomic E-state index is 11.1. The Hall–Kier alpha value is -1.20. The van der Waals surface area contributed by atoms with Crippen LogP contribution >= 0.6 is 0 Å². The molecule has 0 aliphatic rings. The second-order valence-corrected chi connectivity index (χ2v) is 6.13. The van der Waals surface area contributed by atoms with Gasteiger partial charge in [-0.3, -0.25) is 9.00 Å². The van der Waals surface area contributed by atoms with E-state index in [1.54, 1.807) is 6.26 Å². The van der Waals surface area contributed by atoms with E-state index in [1.165, 1.54) is 0 Å². The molecule has 2 atom stereocenters. The smallest absolute Gasteiger partial charge is 0.307 e. The SMILES string of the molecule is CC(CNCc1ccc(CC(=O)O)cc1)S(C)=O. The van der Waals surface area contributed by atoms with Gasteiger partial charge in [-0.1, -0.05) is 24.3 Å². The van der Waals surface area contributed by atoms with Crippen LogP contribution in [0, 0.1) is 0 Å². The van der Waals surface area contributed by atoms with E-state index >= 15 is 0 Å². The monoisotopic (exact) mass is 269 g/mol. The highest BCUT2D eigenvalue weighted by atomic mass is 32.2. The van der Waals surface area contributed by atoms with Gasteiger partial charge in [-0.15, -0.1) is 0 Å². The summed E-state index contributed by atoms with van der Waals surface area (Å²) in [6.07, 6.45) is 1.76. The molecule has 100 valence electrons. The predicted molar refractivity (Wildman–Crippen MR) is 73.0 cm³/mol. The van der Waals surface area contributed by atoms with Crippen LogP contribution in [-0.4, -0.2) is 33.3 Å². The molecule has 0 saturated carbocycles. The molecule has 2 N–H and O–H groups in total. The average molecular weight is 269 g/mol. The molecule has 0 aromatic heterocycles. The third kappa shape index (κ3) is 5.42. The molecule has 0 aliphatic heterocycles. The Bertz CT molecular complexity index is 417. The molecule has 5 heteroatoms. The highest BCUT2D eigenvalue weighted by Gasteiger charge is 2.05. The van der Waals surface area contributed by atoms with Crippen molar-refractivity contribution in [3.63, 3.8) is 0 Å². The highest BCUT2D eigenvalue weighted by molar-refractivity contribution is 7.84. The van der Waals surface area contributed by atoms with Gasteiger partial charge >= 0.3 is 5.97 Å². The van der Waals surface area contributed by atoms with E-state index in [-0.39, 0.29) is 11.7 Å². The number of carbonyl (C=O) groups is 1. The number of carboxylic acid groups (broad SMARTS) is 1. The van der Waals surface area contributed by atoms with E-state index < -0.39 is 16.8 Å². The van der Waals surface area contributed by atoms with Gasteiger partial charge in [-0.25, -0.2) is 0 Å². The lowest BCUT2D eigenvalue weighted by Gasteiger charge is -2.10. The molecule has 0 fully saturated rings. The fourth-order valence-electron chi connectivity index (χ4n) is 1.49. The third-order valence-corrected chi connectivity index (χ3v) is 4.01. The van der Waals surface area contributed by atoms with Gasteiger partial charge in [0.25, 0.3) is 0 Å². The Morgan fingerprint density at radius 2 is 1.89 bits per heavy atom. The first kappa shape index (κ1) is 14.9. The molecule has 0 aliphatic carbocycles. The van der Waals surface area contributed by atoms with Crippen LogP contribution in [0.15, 0.2) is 24.3 Å². The second kappa shape index (κ2) is 7.28. The van der Waals surface area contributed by atoms with Crippen LogP contribution < -0.4 is 5.32 Å². The summed E-state index contributed by atoms with van der Waals surface area (Å²) < 4.78 is 11.1. The first-order valence-electron chi connectivity index (χ1n) is 5.81. The van der Waals surface area contributed by atoms with Crippen molar-refractivity contribution >= 4 is 16.8 Å². The number of hydrogen-bond acceptors (Lipinski definition) is 3. The number of aliphatic carboxylic acids is 1. The summed E-state index contributed by atoms with van der Waals surface area (Å²) in [7, 11) is -0.806. The highest BCUT2D eigenvalue weighted by Crippen LogP contribution is 2.05. The van der Waals surface area contributed by atoms with Crippen LogP contribution in [-0.2, 0) is 28.6 Å². The maximum absolute atomic E-state index is 11.1. The molecule has 4 nitrogen and oxygen atoms in total. The van der Waals surface area contributed by atoms with Crippen molar-refractivity contribution in [2.75, 3.05) is 12.8 Å². The van der Waals surface area contributed by atoms with Gasteiger partial charge in [0.15, 0.2) is 0 Å². The minimum atomic E-state index is -0.819. The van der Waals surface area contributed by atoms with Crippen molar-refractivity contribution < 1.29 is 14.1 Å². The van der Waals surface area contributed by atoms with Gasteiger partial charge in [0.1, 0.15) is 0 Å². The van der Waals surface area contributed by atoms with E-state index in [4.69, 9.17) is 5.11 Å². The Balaban J connectivity index is 2.39. The molecule has 18 heavy (non-hydrogen) atoms. The molecule has 1 aromatic carbocycles. The zero-order valence-corrected chi connectivity index (χ0v) is 11.5. The molecule has 0 spiro atoms. The second-order valence-electron chi connectivity index (χ2n) is 4.33. The first-order chi connectivity index (χ1) is 8.49. The summed E-state index contributed by atoms with van der Waals surface area (Å²) in [5, 5.41) is 12.0. The number of nitrogens with one attached hydrogen (secondary N) is 1. The van der Waals surface area contributed by atoms with Gasteiger partial charge in [-0.05, 0) is 18.1 Å². The summed E-state index contributed by atoms with van der Waals surface area (Å²) in [6.45, 7) is 3.36. The fraction of sp³-hybridized carbons (Fsp3) is 0.462. The Labute approximate surface area is 110 Å². The summed E-state index contributed by atoms with van der Waals surface area (Å²) in [4.78, 5) is 10.5. The normalized spacial score (nSPS) is 14.1. The van der Waals surface area contributed by atoms with Crippen LogP contribution in [0.5, 0.6) is 0 Å². The Morgan fingerprint density at radius 1 is 1.33 bits per heavy atom. The summed E-state index contributed by atoms with van der Waals surface area (Å²) in [5.41, 5.74) is 1.90. The van der Waals surface area contributed by atoms with Gasteiger partial charge in [0.05, 0.1) is 6.42 Å². The average Bonchev–Trinajstić information content (AvgIpc) is 2.30. The molecule has 0 amide bonds. The molecular formula is C13H19NO3S. The molecule has 0 bridgehead atoms. The van der Waals surface area contributed by atoms with Gasteiger partial charge in [-0.2, -0.15) is 0 Å². The minimum absolute atomic E-state index is 0.0551. The third-order valence-electron chi connectivity index (χ3n) is 2.71. The first-order valence-corrected chi connectivity index (χ1v) is 7.43. The van der Waals surface area contributed by atoms with Crippen LogP contribution in [0.3, 0.4) is 0 Å². The number of rotatable bonds is 7. The van der Waals surface area contributed by atoms with E-state index in [0.29, 0.717) is 13.1 Å². The van der Waals surface area contributed by atoms with Crippen LogP contribution in [0.25, 0.3) is 0 Å². The van der Waals surface area contributed by atoms with E-state index in [0.717, 1.165) is 11.1 Å². The molecule has 0 saturated heterocycles. The van der Waals surface area contributed by atoms with Crippen molar-refractivity contribution in [1.29, 1.82) is 0 Å². The molecule has 0 radical (unpaired) electrons. The van der Waals surface area contributed by atoms with Crippen molar-refractivity contribution in [3.8, 4) is 0 Å². The Kier molecular flexibility index (Phi) is 6.01. The van der Waals surface area contributed by atoms with E-state index in [9.17, 15) is 9.00 Å². The molecule has 1 rings (SSSR count). The zero-order chi connectivity index (χ0) is 13.5. The maximum Gasteiger partial charge on any atom is 0.307 e. The van der Waals surface area contributed by atoms with Crippen molar-refractivity contribution in [3.05, 3.63) is 35.4 Å². The quantitative estimate of drug-likeness (QED) is 0.780. The van der Waals surface area contributed by atoms with Crippen molar-refractivity contribution in [2.45, 2.75) is 25.1 Å². The topological polar surface area (TPSA) is 66.4 Å². The number of benzene rings is 1. The lowest BCUT2D eigenvalue weighted by molar-refractivity contribution is -0.136. The van der Waals surface area contributed by atoms with Gasteiger partial charge < -0.3 is 10.4 Å². The summed E-state index contributed by atoms with van der Waals surface area (Å²) in [6, 6.07) is 7.48. The number of hydrogen-bond donors (Lipinski definition) is 2. The van der Waals surface area contributed by atoms with Crippen molar-refractivity contribution in [2.24, 2.45) is 0 Å². The van der Waals surface area contributed by atoms with Gasteiger partial charge in [0.2, 0.25) is 0 Å². The number of carboxylic acids is 1. The zero-order valence-electron chi connectivity index (χ0n) is 10.7. The lowest BCUT2D eigenvalue weighted by Crippen LogP contribution is -2.27. The standard InChI is InChI=1S/C13H19NO3S/c1-10(18(2)17)8-14-9-12-5-3-11(4-6-12)7-13(15)16/h3-6,10,14H,7-9H2,1-2H3,(H,15,16). The largest absolute Gasteiger partial charge is 0.481 e. The molecular weight excluding hydrogens is 250 g/mol. The summed E-state index contributed by atoms with van der Waals surface area (Å²) >= 11 is 0. The summed E-state index contributed by atoms with van der Waals surface area (Å²) in [5.74, 6) is -0.819.